The maximum atomic E-state index is 13.3. The molecule has 0 bridgehead atoms. The van der Waals surface area contributed by atoms with Gasteiger partial charge < -0.3 is 9.72 Å². The normalized spacial score (nSPS) is 10.7. The summed E-state index contributed by atoms with van der Waals surface area (Å²) in [5, 5.41) is -0.753. The highest BCUT2D eigenvalue weighted by atomic mass is 35.5. The predicted molar refractivity (Wildman–Crippen MR) is 65.5 cm³/mol. The first kappa shape index (κ1) is 13.5. The van der Waals surface area contributed by atoms with Crippen LogP contribution in [0.3, 0.4) is 0 Å². The fourth-order valence-electron chi connectivity index (χ4n) is 1.63. The first-order chi connectivity index (χ1) is 8.97. The SMILES string of the molecule is CCOC(=O)c1c[nH]c2c(Cl)c(F)c(F)cc2c1=O. The Hall–Kier alpha value is -1.95. The van der Waals surface area contributed by atoms with Crippen LogP contribution in [0.1, 0.15) is 17.3 Å². The van der Waals surface area contributed by atoms with Gasteiger partial charge in [0.15, 0.2) is 11.6 Å². The highest BCUT2D eigenvalue weighted by Gasteiger charge is 2.19. The highest BCUT2D eigenvalue weighted by molar-refractivity contribution is 6.35. The van der Waals surface area contributed by atoms with Crippen LogP contribution in [0.2, 0.25) is 5.02 Å². The molecule has 7 heteroatoms. The van der Waals surface area contributed by atoms with Gasteiger partial charge in [-0.05, 0) is 13.0 Å². The number of ether oxygens (including phenoxy) is 1. The van der Waals surface area contributed by atoms with Gasteiger partial charge in [-0.3, -0.25) is 4.79 Å². The van der Waals surface area contributed by atoms with Gasteiger partial charge in [-0.15, -0.1) is 0 Å². The van der Waals surface area contributed by atoms with Crippen LogP contribution in [0.15, 0.2) is 17.1 Å². The first-order valence-electron chi connectivity index (χ1n) is 5.33. The number of aromatic amines is 1. The molecule has 0 aliphatic heterocycles. The molecule has 1 aromatic carbocycles. The number of fused-ring (bicyclic) bond motifs is 1. The predicted octanol–water partition coefficient (Wildman–Crippen LogP) is 2.64. The maximum absolute atomic E-state index is 13.3. The zero-order valence-corrected chi connectivity index (χ0v) is 10.5. The Kier molecular flexibility index (Phi) is 3.53. The van der Waals surface area contributed by atoms with Crippen LogP contribution in [0.5, 0.6) is 0 Å². The number of benzene rings is 1. The van der Waals surface area contributed by atoms with E-state index in [9.17, 15) is 18.4 Å². The van der Waals surface area contributed by atoms with E-state index < -0.39 is 28.1 Å². The number of rotatable bonds is 2. The van der Waals surface area contributed by atoms with Crippen LogP contribution in [0.25, 0.3) is 10.9 Å². The average Bonchev–Trinajstić information content (AvgIpc) is 2.38. The Labute approximate surface area is 110 Å². The Morgan fingerprint density at radius 3 is 2.79 bits per heavy atom. The van der Waals surface area contributed by atoms with E-state index in [1.807, 2.05) is 0 Å². The molecule has 0 unspecified atom stereocenters. The smallest absolute Gasteiger partial charge is 0.343 e. The van der Waals surface area contributed by atoms with Crippen molar-refractivity contribution in [2.45, 2.75) is 6.92 Å². The molecule has 100 valence electrons. The summed E-state index contributed by atoms with van der Waals surface area (Å²) in [6, 6.07) is 0.693. The average molecular weight is 288 g/mol. The van der Waals surface area contributed by atoms with E-state index in [1.165, 1.54) is 0 Å². The summed E-state index contributed by atoms with van der Waals surface area (Å²) in [6.07, 6.45) is 1.06. The summed E-state index contributed by atoms with van der Waals surface area (Å²) in [6.45, 7) is 1.67. The number of halogens is 3. The van der Waals surface area contributed by atoms with Crippen molar-refractivity contribution in [1.82, 2.24) is 4.98 Å². The summed E-state index contributed by atoms with van der Waals surface area (Å²) in [4.78, 5) is 26.0. The van der Waals surface area contributed by atoms with Crippen LogP contribution < -0.4 is 5.43 Å². The molecule has 0 aliphatic carbocycles. The molecule has 0 fully saturated rings. The summed E-state index contributed by atoms with van der Waals surface area (Å²) in [7, 11) is 0. The summed E-state index contributed by atoms with van der Waals surface area (Å²) in [5.41, 5.74) is -1.14. The first-order valence-corrected chi connectivity index (χ1v) is 5.71. The zero-order chi connectivity index (χ0) is 14.2. The Morgan fingerprint density at radius 2 is 2.16 bits per heavy atom. The molecule has 0 amide bonds. The van der Waals surface area contributed by atoms with Crippen molar-refractivity contribution >= 4 is 28.5 Å². The minimum absolute atomic E-state index is 0.0707. The van der Waals surface area contributed by atoms with Gasteiger partial charge in [0.2, 0.25) is 5.43 Å². The Morgan fingerprint density at radius 1 is 1.47 bits per heavy atom. The number of hydrogen-bond donors (Lipinski definition) is 1. The number of pyridine rings is 1. The quantitative estimate of drug-likeness (QED) is 0.682. The van der Waals surface area contributed by atoms with E-state index >= 15 is 0 Å². The van der Waals surface area contributed by atoms with E-state index in [4.69, 9.17) is 11.6 Å². The Bertz CT molecular complexity index is 727. The Balaban J connectivity index is 2.76. The number of H-pyrrole nitrogens is 1. The van der Waals surface area contributed by atoms with Crippen LogP contribution in [0, 0.1) is 11.6 Å². The molecule has 4 nitrogen and oxygen atoms in total. The number of carbonyl (C=O) groups excluding carboxylic acids is 1. The highest BCUT2D eigenvalue weighted by Crippen LogP contribution is 2.25. The van der Waals surface area contributed by atoms with Crippen molar-refractivity contribution in [3.05, 3.63) is 44.7 Å². The number of carbonyl (C=O) groups is 1. The maximum Gasteiger partial charge on any atom is 0.343 e. The van der Waals surface area contributed by atoms with Crippen LogP contribution in [-0.4, -0.2) is 17.6 Å². The van der Waals surface area contributed by atoms with Crippen molar-refractivity contribution in [3.63, 3.8) is 0 Å². The van der Waals surface area contributed by atoms with Crippen molar-refractivity contribution in [3.8, 4) is 0 Å². The van der Waals surface area contributed by atoms with E-state index in [1.54, 1.807) is 6.92 Å². The molecular weight excluding hydrogens is 280 g/mol. The largest absolute Gasteiger partial charge is 0.462 e. The zero-order valence-electron chi connectivity index (χ0n) is 9.72. The van der Waals surface area contributed by atoms with Crippen molar-refractivity contribution in [2.75, 3.05) is 6.61 Å². The molecule has 0 spiro atoms. The second-order valence-electron chi connectivity index (χ2n) is 3.66. The second-order valence-corrected chi connectivity index (χ2v) is 4.04. The number of hydrogen-bond acceptors (Lipinski definition) is 3. The van der Waals surface area contributed by atoms with Crippen LogP contribution >= 0.6 is 11.6 Å². The fraction of sp³-hybridized carbons (Fsp3) is 0.167. The molecule has 0 radical (unpaired) electrons. The molecule has 1 heterocycles. The fourth-order valence-corrected chi connectivity index (χ4v) is 1.88. The molecule has 2 aromatic rings. The summed E-state index contributed by atoms with van der Waals surface area (Å²) in [5.74, 6) is -3.36. The van der Waals surface area contributed by atoms with Gasteiger partial charge in [-0.1, -0.05) is 11.6 Å². The number of nitrogens with one attached hydrogen (secondary N) is 1. The van der Waals surface area contributed by atoms with Gasteiger partial charge in [0.25, 0.3) is 0 Å². The molecule has 2 rings (SSSR count). The lowest BCUT2D eigenvalue weighted by Gasteiger charge is -2.05. The van der Waals surface area contributed by atoms with Crippen LogP contribution in [0.4, 0.5) is 8.78 Å². The molecule has 0 saturated carbocycles. The molecule has 1 N–H and O–H groups in total. The second kappa shape index (κ2) is 4.97. The van der Waals surface area contributed by atoms with Crippen molar-refractivity contribution in [1.29, 1.82) is 0 Å². The van der Waals surface area contributed by atoms with Gasteiger partial charge in [-0.2, -0.15) is 0 Å². The minimum atomic E-state index is -1.26. The van der Waals surface area contributed by atoms with E-state index in [-0.39, 0.29) is 23.1 Å². The van der Waals surface area contributed by atoms with Gasteiger partial charge in [-0.25, -0.2) is 13.6 Å². The van der Waals surface area contributed by atoms with Crippen molar-refractivity contribution in [2.24, 2.45) is 0 Å². The lowest BCUT2D eigenvalue weighted by Crippen LogP contribution is -2.18. The molecular formula is C12H8ClF2NO3. The van der Waals surface area contributed by atoms with E-state index in [0.29, 0.717) is 6.07 Å². The van der Waals surface area contributed by atoms with E-state index in [2.05, 4.69) is 9.72 Å². The molecule has 0 atom stereocenters. The monoisotopic (exact) mass is 287 g/mol. The van der Waals surface area contributed by atoms with Gasteiger partial charge in [0, 0.05) is 6.20 Å². The third-order valence-electron chi connectivity index (χ3n) is 2.51. The molecule has 19 heavy (non-hydrogen) atoms. The standard InChI is InChI=1S/C12H8ClF2NO3/c1-2-19-12(18)6-4-16-10-5(11(6)17)3-7(14)9(15)8(10)13/h3-4H,2H2,1H3,(H,16,17). The summed E-state index contributed by atoms with van der Waals surface area (Å²) >= 11 is 5.60. The minimum Gasteiger partial charge on any atom is -0.462 e. The van der Waals surface area contributed by atoms with Gasteiger partial charge >= 0.3 is 5.97 Å². The lowest BCUT2D eigenvalue weighted by molar-refractivity contribution is 0.0524. The summed E-state index contributed by atoms with van der Waals surface area (Å²) < 4.78 is 31.2. The molecule has 1 aromatic heterocycles. The van der Waals surface area contributed by atoms with Gasteiger partial charge in [0.1, 0.15) is 10.6 Å². The molecule has 0 saturated heterocycles. The number of aromatic nitrogens is 1. The lowest BCUT2D eigenvalue weighted by atomic mass is 10.1. The number of esters is 1. The van der Waals surface area contributed by atoms with Crippen molar-refractivity contribution < 1.29 is 18.3 Å². The van der Waals surface area contributed by atoms with Gasteiger partial charge in [0.05, 0.1) is 17.5 Å². The van der Waals surface area contributed by atoms with E-state index in [0.717, 1.165) is 6.20 Å². The topological polar surface area (TPSA) is 59.2 Å². The third-order valence-corrected chi connectivity index (χ3v) is 2.86. The van der Waals surface area contributed by atoms with Crippen LogP contribution in [-0.2, 0) is 4.74 Å². The third kappa shape index (κ3) is 2.19. The molecule has 0 aliphatic rings.